The summed E-state index contributed by atoms with van der Waals surface area (Å²) in [7, 11) is 1.68. The molecule has 0 heterocycles. The van der Waals surface area contributed by atoms with Gasteiger partial charge in [0.2, 0.25) is 0 Å². The summed E-state index contributed by atoms with van der Waals surface area (Å²) in [6.07, 6.45) is 2.14. The van der Waals surface area contributed by atoms with Crippen LogP contribution in [0.5, 0.6) is 0 Å². The van der Waals surface area contributed by atoms with Crippen molar-refractivity contribution in [2.24, 2.45) is 10.7 Å². The largest absolute Gasteiger partial charge is 0.370 e. The van der Waals surface area contributed by atoms with Crippen LogP contribution in [0.1, 0.15) is 12.0 Å². The highest BCUT2D eigenvalue weighted by molar-refractivity contribution is 5.77. The average molecular weight is 191 g/mol. The van der Waals surface area contributed by atoms with Crippen LogP contribution in [0, 0.1) is 0 Å². The molecule has 3 heteroatoms. The highest BCUT2D eigenvalue weighted by Gasteiger charge is 1.92. The van der Waals surface area contributed by atoms with Gasteiger partial charge in [-0.3, -0.25) is 4.99 Å². The van der Waals surface area contributed by atoms with Gasteiger partial charge >= 0.3 is 0 Å². The van der Waals surface area contributed by atoms with Crippen LogP contribution in [-0.4, -0.2) is 19.6 Å². The first-order chi connectivity index (χ1) is 6.83. The highest BCUT2D eigenvalue weighted by atomic mass is 15.1. The van der Waals surface area contributed by atoms with Crippen LogP contribution in [0.4, 0.5) is 0 Å². The van der Waals surface area contributed by atoms with Crippen molar-refractivity contribution in [2.75, 3.05) is 13.6 Å². The maximum Gasteiger partial charge on any atom is 0.188 e. The van der Waals surface area contributed by atoms with E-state index in [4.69, 9.17) is 5.73 Å². The average Bonchev–Trinajstić information content (AvgIpc) is 2.25. The van der Waals surface area contributed by atoms with E-state index in [0.29, 0.717) is 5.96 Å². The molecule has 14 heavy (non-hydrogen) atoms. The fourth-order valence-electron chi connectivity index (χ4n) is 1.23. The van der Waals surface area contributed by atoms with Crippen molar-refractivity contribution in [1.29, 1.82) is 0 Å². The number of guanidine groups is 1. The molecule has 0 spiro atoms. The van der Waals surface area contributed by atoms with Crippen LogP contribution in [0.15, 0.2) is 35.3 Å². The Morgan fingerprint density at radius 2 is 2.07 bits per heavy atom. The van der Waals surface area contributed by atoms with E-state index < -0.39 is 0 Å². The number of hydrogen-bond donors (Lipinski definition) is 2. The summed E-state index contributed by atoms with van der Waals surface area (Å²) >= 11 is 0. The van der Waals surface area contributed by atoms with Crippen molar-refractivity contribution in [2.45, 2.75) is 12.8 Å². The predicted molar refractivity (Wildman–Crippen MR) is 60.3 cm³/mol. The van der Waals surface area contributed by atoms with Gasteiger partial charge < -0.3 is 11.1 Å². The molecule has 0 aliphatic heterocycles. The van der Waals surface area contributed by atoms with Gasteiger partial charge in [-0.05, 0) is 18.4 Å². The van der Waals surface area contributed by atoms with Crippen molar-refractivity contribution in [1.82, 2.24) is 5.32 Å². The van der Waals surface area contributed by atoms with Crippen LogP contribution in [0.25, 0.3) is 0 Å². The Morgan fingerprint density at radius 3 is 2.71 bits per heavy atom. The lowest BCUT2D eigenvalue weighted by Crippen LogP contribution is -2.32. The van der Waals surface area contributed by atoms with E-state index in [1.807, 2.05) is 6.07 Å². The van der Waals surface area contributed by atoms with Gasteiger partial charge in [0.05, 0.1) is 0 Å². The fourth-order valence-corrected chi connectivity index (χ4v) is 1.23. The van der Waals surface area contributed by atoms with Gasteiger partial charge in [0.1, 0.15) is 0 Å². The number of benzene rings is 1. The molecule has 1 aromatic carbocycles. The molecule has 0 saturated carbocycles. The molecule has 1 rings (SSSR count). The molecule has 0 amide bonds. The van der Waals surface area contributed by atoms with Gasteiger partial charge in [0.15, 0.2) is 5.96 Å². The highest BCUT2D eigenvalue weighted by Crippen LogP contribution is 2.01. The lowest BCUT2D eigenvalue weighted by atomic mass is 10.1. The molecule has 76 valence electrons. The van der Waals surface area contributed by atoms with E-state index in [0.717, 1.165) is 19.4 Å². The van der Waals surface area contributed by atoms with Crippen molar-refractivity contribution < 1.29 is 0 Å². The molecular formula is C11H17N3. The van der Waals surface area contributed by atoms with Crippen LogP contribution in [0.3, 0.4) is 0 Å². The lowest BCUT2D eigenvalue weighted by molar-refractivity contribution is 0.769. The maximum absolute atomic E-state index is 5.49. The molecule has 3 nitrogen and oxygen atoms in total. The first kappa shape index (κ1) is 10.6. The number of nitrogens with two attached hydrogens (primary N) is 1. The second-order valence-electron chi connectivity index (χ2n) is 3.12. The van der Waals surface area contributed by atoms with Gasteiger partial charge in [0.25, 0.3) is 0 Å². The zero-order valence-corrected chi connectivity index (χ0v) is 8.53. The first-order valence-electron chi connectivity index (χ1n) is 4.83. The molecule has 0 saturated heterocycles. The molecule has 3 N–H and O–H groups in total. The topological polar surface area (TPSA) is 50.4 Å². The van der Waals surface area contributed by atoms with E-state index in [1.54, 1.807) is 7.05 Å². The second kappa shape index (κ2) is 6.02. The summed E-state index contributed by atoms with van der Waals surface area (Å²) < 4.78 is 0. The van der Waals surface area contributed by atoms with E-state index in [-0.39, 0.29) is 0 Å². The van der Waals surface area contributed by atoms with Crippen molar-refractivity contribution in [3.8, 4) is 0 Å². The minimum absolute atomic E-state index is 0.512. The van der Waals surface area contributed by atoms with E-state index in [1.165, 1.54) is 5.56 Å². The number of hydrogen-bond acceptors (Lipinski definition) is 1. The Kier molecular flexibility index (Phi) is 4.55. The molecule has 0 unspecified atom stereocenters. The minimum Gasteiger partial charge on any atom is -0.370 e. The van der Waals surface area contributed by atoms with Crippen molar-refractivity contribution in [3.63, 3.8) is 0 Å². The van der Waals surface area contributed by atoms with Crippen molar-refractivity contribution in [3.05, 3.63) is 35.9 Å². The fraction of sp³-hybridized carbons (Fsp3) is 0.364. The van der Waals surface area contributed by atoms with Crippen molar-refractivity contribution >= 4 is 5.96 Å². The van der Waals surface area contributed by atoms with Gasteiger partial charge in [-0.2, -0.15) is 0 Å². The molecular weight excluding hydrogens is 174 g/mol. The van der Waals surface area contributed by atoms with Crippen LogP contribution in [-0.2, 0) is 6.42 Å². The normalized spacial score (nSPS) is 11.4. The number of aliphatic imine (C=N–C) groups is 1. The standard InChI is InChI=1S/C11H17N3/c1-13-11(12)14-9-5-8-10-6-3-2-4-7-10/h2-4,6-7H,5,8-9H2,1H3,(H3,12,13,14). The van der Waals surface area contributed by atoms with Crippen LogP contribution in [0.2, 0.25) is 0 Å². The molecule has 0 fully saturated rings. The Labute approximate surface area is 85.0 Å². The number of rotatable bonds is 4. The number of nitrogens with zero attached hydrogens (tertiary/aromatic N) is 1. The summed E-state index contributed by atoms with van der Waals surface area (Å²) in [6.45, 7) is 0.873. The zero-order valence-electron chi connectivity index (χ0n) is 8.53. The summed E-state index contributed by atoms with van der Waals surface area (Å²) in [5.41, 5.74) is 6.85. The first-order valence-corrected chi connectivity index (χ1v) is 4.83. The smallest absolute Gasteiger partial charge is 0.188 e. The van der Waals surface area contributed by atoms with Crippen LogP contribution >= 0.6 is 0 Å². The molecule has 0 aliphatic rings. The second-order valence-corrected chi connectivity index (χ2v) is 3.12. The van der Waals surface area contributed by atoms with Gasteiger partial charge in [-0.25, -0.2) is 0 Å². The molecule has 0 aliphatic carbocycles. The molecule has 1 aromatic rings. The number of aryl methyl sites for hydroxylation is 1. The summed E-state index contributed by atoms with van der Waals surface area (Å²) in [4.78, 5) is 3.82. The number of nitrogens with one attached hydrogen (secondary N) is 1. The van der Waals surface area contributed by atoms with Gasteiger partial charge in [0, 0.05) is 13.6 Å². The molecule has 0 atom stereocenters. The lowest BCUT2D eigenvalue weighted by Gasteiger charge is -2.04. The zero-order chi connectivity index (χ0) is 10.2. The monoisotopic (exact) mass is 191 g/mol. The summed E-state index contributed by atoms with van der Waals surface area (Å²) in [5.74, 6) is 0.512. The summed E-state index contributed by atoms with van der Waals surface area (Å²) in [6, 6.07) is 10.4. The SMILES string of the molecule is CN=C(N)NCCCc1ccccc1. The predicted octanol–water partition coefficient (Wildman–Crippen LogP) is 1.15. The van der Waals surface area contributed by atoms with Gasteiger partial charge in [-0.1, -0.05) is 30.3 Å². The Morgan fingerprint density at radius 1 is 1.36 bits per heavy atom. The third kappa shape index (κ3) is 3.94. The molecule has 0 radical (unpaired) electrons. The maximum atomic E-state index is 5.49. The molecule has 0 bridgehead atoms. The summed E-state index contributed by atoms with van der Waals surface area (Å²) in [5, 5.41) is 3.03. The Balaban J connectivity index is 2.17. The Hall–Kier alpha value is -1.51. The van der Waals surface area contributed by atoms with E-state index in [2.05, 4.69) is 34.6 Å². The third-order valence-corrected chi connectivity index (χ3v) is 2.03. The quantitative estimate of drug-likeness (QED) is 0.426. The Bertz CT molecular complexity index is 280. The van der Waals surface area contributed by atoms with E-state index >= 15 is 0 Å². The van der Waals surface area contributed by atoms with Crippen LogP contribution < -0.4 is 11.1 Å². The van der Waals surface area contributed by atoms with E-state index in [9.17, 15) is 0 Å². The minimum atomic E-state index is 0.512. The molecule has 0 aromatic heterocycles. The van der Waals surface area contributed by atoms with Gasteiger partial charge in [-0.15, -0.1) is 0 Å². The third-order valence-electron chi connectivity index (χ3n) is 2.03.